The van der Waals surface area contributed by atoms with Crippen molar-refractivity contribution in [3.63, 3.8) is 0 Å². The van der Waals surface area contributed by atoms with Crippen LogP contribution in [0.15, 0.2) is 12.5 Å². The van der Waals surface area contributed by atoms with Gasteiger partial charge in [-0.1, -0.05) is 0 Å². The maximum absolute atomic E-state index is 13.2. The van der Waals surface area contributed by atoms with E-state index in [1.165, 1.54) is 6.33 Å². The molecule has 0 radical (unpaired) electrons. The van der Waals surface area contributed by atoms with E-state index in [0.717, 1.165) is 25.8 Å². The molecule has 5 N–H and O–H groups in total. The number of imidazole rings is 1. The van der Waals surface area contributed by atoms with Gasteiger partial charge in [-0.3, -0.25) is 14.4 Å². The number of H-pyrrole nitrogens is 1. The number of fused-ring (bicyclic) bond motifs is 4. The predicted octanol–water partition coefficient (Wildman–Crippen LogP) is -0.245. The highest BCUT2D eigenvalue weighted by Gasteiger charge is 2.50. The van der Waals surface area contributed by atoms with Crippen LogP contribution >= 0.6 is 24.8 Å². The van der Waals surface area contributed by atoms with E-state index in [1.54, 1.807) is 6.20 Å². The highest BCUT2D eigenvalue weighted by atomic mass is 35.5. The van der Waals surface area contributed by atoms with Crippen molar-refractivity contribution in [3.8, 4) is 0 Å². The number of piperidine rings is 3. The number of nitrogens with two attached hydrogens (primary N) is 1. The quantitative estimate of drug-likeness (QED) is 0.494. The molecule has 3 amide bonds. The lowest BCUT2D eigenvalue weighted by atomic mass is 9.72. The van der Waals surface area contributed by atoms with Crippen LogP contribution in [0.4, 0.5) is 0 Å². The highest BCUT2D eigenvalue weighted by molar-refractivity contribution is 5.92. The number of carbonyl (C=O) groups excluding carboxylic acids is 3. The Labute approximate surface area is 181 Å². The van der Waals surface area contributed by atoms with Crippen LogP contribution in [0.2, 0.25) is 0 Å². The average Bonchev–Trinajstić information content (AvgIpc) is 3.15. The number of halogens is 2. The number of aromatic amines is 1. The Kier molecular flexibility index (Phi) is 7.90. The van der Waals surface area contributed by atoms with Crippen LogP contribution < -0.4 is 16.4 Å². The van der Waals surface area contributed by atoms with E-state index in [9.17, 15) is 14.4 Å². The first-order valence-corrected chi connectivity index (χ1v) is 9.63. The van der Waals surface area contributed by atoms with Gasteiger partial charge in [0.25, 0.3) is 0 Å². The molecule has 0 aromatic carbocycles. The zero-order chi connectivity index (χ0) is 19.0. The number of hydrogen-bond acceptors (Lipinski definition) is 5. The Bertz CT molecular complexity index is 731. The van der Waals surface area contributed by atoms with Gasteiger partial charge >= 0.3 is 0 Å². The fraction of sp³-hybridized carbons (Fsp3) is 0.667. The summed E-state index contributed by atoms with van der Waals surface area (Å²) in [6.07, 6.45) is 6.59. The first-order valence-electron chi connectivity index (χ1n) is 9.63. The first kappa shape index (κ1) is 23.4. The second-order valence-electron chi connectivity index (χ2n) is 7.86. The molecule has 29 heavy (non-hydrogen) atoms. The van der Waals surface area contributed by atoms with Gasteiger partial charge in [0.15, 0.2) is 0 Å². The number of rotatable bonds is 5. The molecule has 11 heteroatoms. The van der Waals surface area contributed by atoms with Crippen molar-refractivity contribution in [2.45, 2.75) is 50.2 Å². The van der Waals surface area contributed by atoms with Crippen molar-refractivity contribution in [2.24, 2.45) is 17.6 Å². The lowest BCUT2D eigenvalue weighted by Gasteiger charge is -2.54. The van der Waals surface area contributed by atoms with Crippen molar-refractivity contribution >= 4 is 42.5 Å². The molecule has 9 nitrogen and oxygen atoms in total. The van der Waals surface area contributed by atoms with Gasteiger partial charge in [-0.2, -0.15) is 0 Å². The molecule has 2 bridgehead atoms. The number of nitrogens with zero attached hydrogens (tertiary/aromatic N) is 2. The fourth-order valence-corrected chi connectivity index (χ4v) is 4.95. The number of carbonyl (C=O) groups is 3. The van der Waals surface area contributed by atoms with Gasteiger partial charge in [-0.25, -0.2) is 4.98 Å². The second-order valence-corrected chi connectivity index (χ2v) is 7.86. The summed E-state index contributed by atoms with van der Waals surface area (Å²) in [4.78, 5) is 46.4. The van der Waals surface area contributed by atoms with Crippen LogP contribution in [0.3, 0.4) is 0 Å². The van der Waals surface area contributed by atoms with Crippen molar-refractivity contribution in [1.29, 1.82) is 0 Å². The summed E-state index contributed by atoms with van der Waals surface area (Å²) in [6, 6.07) is -1.29. The minimum absolute atomic E-state index is 0. The molecular weight excluding hydrogens is 419 g/mol. The van der Waals surface area contributed by atoms with Gasteiger partial charge in [0, 0.05) is 43.2 Å². The molecule has 3 fully saturated rings. The lowest BCUT2D eigenvalue weighted by Crippen LogP contribution is -2.68. The molecule has 4 rings (SSSR count). The van der Waals surface area contributed by atoms with E-state index in [-0.39, 0.29) is 55.0 Å². The monoisotopic (exact) mass is 446 g/mol. The maximum Gasteiger partial charge on any atom is 0.243 e. The molecule has 3 saturated heterocycles. The fourth-order valence-electron chi connectivity index (χ4n) is 4.95. The number of amides is 3. The summed E-state index contributed by atoms with van der Waals surface area (Å²) in [6.45, 7) is 1.59. The van der Waals surface area contributed by atoms with Crippen LogP contribution in [0.25, 0.3) is 0 Å². The SMILES string of the molecule is Cl.Cl.NC(=O)[C@H](Cc1cnc[nH]1)NC(=O)[C@H]1[C@@H]2CNC[C@@H](C2)[C@@H]2CCCC(=O)N21. The highest BCUT2D eigenvalue weighted by Crippen LogP contribution is 2.39. The van der Waals surface area contributed by atoms with Crippen LogP contribution in [0, 0.1) is 11.8 Å². The predicted molar refractivity (Wildman–Crippen MR) is 111 cm³/mol. The third kappa shape index (κ3) is 4.67. The normalized spacial score (nSPS) is 29.0. The Hall–Kier alpha value is -1.84. The lowest BCUT2D eigenvalue weighted by molar-refractivity contribution is -0.157. The van der Waals surface area contributed by atoms with Crippen LogP contribution in [0.1, 0.15) is 31.4 Å². The van der Waals surface area contributed by atoms with E-state index < -0.39 is 18.0 Å². The smallest absolute Gasteiger partial charge is 0.243 e. The van der Waals surface area contributed by atoms with Gasteiger partial charge in [0.1, 0.15) is 12.1 Å². The van der Waals surface area contributed by atoms with Crippen molar-refractivity contribution in [1.82, 2.24) is 25.5 Å². The second kappa shape index (κ2) is 9.77. The van der Waals surface area contributed by atoms with Crippen molar-refractivity contribution < 1.29 is 14.4 Å². The molecule has 162 valence electrons. The molecule has 0 saturated carbocycles. The van der Waals surface area contributed by atoms with E-state index >= 15 is 0 Å². The van der Waals surface area contributed by atoms with E-state index in [0.29, 0.717) is 24.6 Å². The van der Waals surface area contributed by atoms with Gasteiger partial charge in [-0.05, 0) is 31.7 Å². The summed E-state index contributed by atoms with van der Waals surface area (Å²) >= 11 is 0. The summed E-state index contributed by atoms with van der Waals surface area (Å²) in [7, 11) is 0. The Morgan fingerprint density at radius 2 is 2.07 bits per heavy atom. The molecule has 4 heterocycles. The largest absolute Gasteiger partial charge is 0.368 e. The van der Waals surface area contributed by atoms with Gasteiger partial charge in [0.2, 0.25) is 17.7 Å². The van der Waals surface area contributed by atoms with E-state index in [4.69, 9.17) is 5.73 Å². The maximum atomic E-state index is 13.2. The van der Waals surface area contributed by atoms with Crippen molar-refractivity contribution in [3.05, 3.63) is 18.2 Å². The van der Waals surface area contributed by atoms with E-state index in [1.807, 2.05) is 4.90 Å². The molecule has 1 aromatic rings. The molecule has 3 aliphatic rings. The summed E-state index contributed by atoms with van der Waals surface area (Å²) in [5.74, 6) is -0.385. The zero-order valence-electron chi connectivity index (χ0n) is 16.0. The minimum Gasteiger partial charge on any atom is -0.368 e. The van der Waals surface area contributed by atoms with E-state index in [2.05, 4.69) is 20.6 Å². The molecule has 0 spiro atoms. The number of primary amides is 1. The topological polar surface area (TPSA) is 133 Å². The summed E-state index contributed by atoms with van der Waals surface area (Å²) in [5, 5.41) is 6.21. The third-order valence-electron chi connectivity index (χ3n) is 6.15. The Morgan fingerprint density at radius 1 is 1.31 bits per heavy atom. The van der Waals surface area contributed by atoms with Crippen LogP contribution in [0.5, 0.6) is 0 Å². The Balaban J connectivity index is 0.00000150. The van der Waals surface area contributed by atoms with Crippen molar-refractivity contribution in [2.75, 3.05) is 13.1 Å². The first-order chi connectivity index (χ1) is 13.0. The number of hydrogen-bond donors (Lipinski definition) is 4. The molecule has 5 atom stereocenters. The number of aromatic nitrogens is 2. The van der Waals surface area contributed by atoms with Gasteiger partial charge in [0.05, 0.1) is 6.33 Å². The van der Waals surface area contributed by atoms with Crippen LogP contribution in [-0.4, -0.2) is 63.8 Å². The average molecular weight is 447 g/mol. The molecule has 0 unspecified atom stereocenters. The van der Waals surface area contributed by atoms with Crippen LogP contribution in [-0.2, 0) is 20.8 Å². The van der Waals surface area contributed by atoms with Gasteiger partial charge < -0.3 is 26.3 Å². The number of nitrogens with one attached hydrogen (secondary N) is 3. The minimum atomic E-state index is -0.842. The standard InChI is InChI=1S/C18H26N6O3.2ClH/c19-17(26)13(5-12-8-21-9-22-12)23-18(27)16-11-4-10(6-20-7-11)14-2-1-3-15(25)24(14)16;;/h8-11,13-14,16,20H,1-7H2,(H2,19,26)(H,21,22)(H,23,27);2*1H/t10-,11+,13+,14+,16-;;/m1../s1. The molecule has 1 aromatic heterocycles. The molecular formula is C18H28Cl2N6O3. The molecule has 0 aliphatic carbocycles. The molecule has 3 aliphatic heterocycles. The third-order valence-corrected chi connectivity index (χ3v) is 6.15. The Morgan fingerprint density at radius 3 is 2.76 bits per heavy atom. The zero-order valence-corrected chi connectivity index (χ0v) is 17.6. The summed E-state index contributed by atoms with van der Waals surface area (Å²) in [5.41, 5.74) is 6.23. The summed E-state index contributed by atoms with van der Waals surface area (Å²) < 4.78 is 0. The van der Waals surface area contributed by atoms with Gasteiger partial charge in [-0.15, -0.1) is 24.8 Å².